The van der Waals surface area contributed by atoms with Crippen molar-refractivity contribution in [3.05, 3.63) is 95.1 Å². The van der Waals surface area contributed by atoms with Gasteiger partial charge in [0.1, 0.15) is 0 Å². The summed E-state index contributed by atoms with van der Waals surface area (Å²) in [4.78, 5) is 117. The number of benzene rings is 2. The SMILES string of the molecule is C[C@@H]1CN2c3c(cc4c(N5C[C@@H](c6ccccn6)OC5=O)noc4c3F)CC3(C(=O)NC(=O)NC3=O)[C@H]2[C@H](C)O1.C[C@@H]1CN2c3c(cc4c(N5C[C@H](c6ccccn6)OC5=O)noc4c3F)CC3(C(=O)NC(=O)NC3=O)[C@H]2[C@H](C)O1. The molecule has 10 amide bonds. The number of nitrogens with zero attached hydrogens (tertiary/aromatic N) is 8. The molecular weight excluding hydrogens is 1050 g/mol. The molecular formula is C52H46F2N12O14. The van der Waals surface area contributed by atoms with Crippen LogP contribution in [0.15, 0.2) is 70.0 Å². The third-order valence-electron chi connectivity index (χ3n) is 16.1. The van der Waals surface area contributed by atoms with Gasteiger partial charge < -0.3 is 37.8 Å². The number of amides is 10. The van der Waals surface area contributed by atoms with E-state index in [9.17, 15) is 38.4 Å². The molecule has 412 valence electrons. The quantitative estimate of drug-likeness (QED) is 0.182. The maximum Gasteiger partial charge on any atom is 0.416 e. The van der Waals surface area contributed by atoms with Crippen LogP contribution in [0.5, 0.6) is 0 Å². The lowest BCUT2D eigenvalue weighted by Gasteiger charge is -2.55. The molecule has 14 rings (SSSR count). The first-order chi connectivity index (χ1) is 38.4. The Morgan fingerprint density at radius 3 is 1.30 bits per heavy atom. The Morgan fingerprint density at radius 1 is 0.550 bits per heavy atom. The van der Waals surface area contributed by atoms with E-state index < -0.39 is 107 Å². The molecule has 6 saturated heterocycles. The fraction of sp³-hybridized carbons (Fsp3) is 0.385. The first-order valence-electron chi connectivity index (χ1n) is 25.6. The summed E-state index contributed by atoms with van der Waals surface area (Å²) in [5, 5.41) is 17.2. The molecule has 0 radical (unpaired) electrons. The van der Waals surface area contributed by atoms with Crippen LogP contribution in [0.3, 0.4) is 0 Å². The number of halogens is 2. The van der Waals surface area contributed by atoms with Crippen molar-refractivity contribution in [1.82, 2.24) is 41.5 Å². The molecule has 0 aliphatic carbocycles. The number of carbonyl (C=O) groups excluding carboxylic acids is 8. The summed E-state index contributed by atoms with van der Waals surface area (Å²) in [6.45, 7) is 7.49. The van der Waals surface area contributed by atoms with Crippen LogP contribution < -0.4 is 40.9 Å². The predicted molar refractivity (Wildman–Crippen MR) is 267 cm³/mol. The highest BCUT2D eigenvalue weighted by molar-refractivity contribution is 6.22. The average Bonchev–Trinajstić information content (AvgIpc) is 4.43. The molecule has 26 nitrogen and oxygen atoms in total. The van der Waals surface area contributed by atoms with E-state index in [1.54, 1.807) is 98.4 Å². The van der Waals surface area contributed by atoms with E-state index in [1.807, 2.05) is 0 Å². The maximum atomic E-state index is 16.3. The number of ether oxygens (including phenoxy) is 4. The van der Waals surface area contributed by atoms with Crippen molar-refractivity contribution in [2.75, 3.05) is 45.8 Å². The number of pyridine rings is 2. The number of nitrogens with one attached hydrogen (secondary N) is 4. The van der Waals surface area contributed by atoms with Crippen molar-refractivity contribution in [1.29, 1.82) is 0 Å². The summed E-state index contributed by atoms with van der Waals surface area (Å²) in [5.41, 5.74) is -1.90. The summed E-state index contributed by atoms with van der Waals surface area (Å²) in [5.74, 6) is -4.58. The second-order valence-electron chi connectivity index (χ2n) is 20.9. The molecule has 2 aromatic carbocycles. The van der Waals surface area contributed by atoms with Gasteiger partial charge in [-0.2, -0.15) is 0 Å². The van der Waals surface area contributed by atoms with Gasteiger partial charge in [0.25, 0.3) is 0 Å². The summed E-state index contributed by atoms with van der Waals surface area (Å²) < 4.78 is 66.4. The second-order valence-corrected chi connectivity index (χ2v) is 20.9. The molecule has 0 bridgehead atoms. The maximum absolute atomic E-state index is 16.3. The van der Waals surface area contributed by atoms with Gasteiger partial charge in [-0.1, -0.05) is 22.4 Å². The van der Waals surface area contributed by atoms with E-state index in [0.29, 0.717) is 22.5 Å². The minimum atomic E-state index is -1.78. The first kappa shape index (κ1) is 50.3. The van der Waals surface area contributed by atoms with Gasteiger partial charge in [0, 0.05) is 38.3 Å². The van der Waals surface area contributed by atoms with Gasteiger partial charge in [-0.15, -0.1) is 0 Å². The fourth-order valence-electron chi connectivity index (χ4n) is 13.0. The van der Waals surface area contributed by atoms with Crippen molar-refractivity contribution in [3.63, 3.8) is 0 Å². The number of cyclic esters (lactones) is 2. The topological polar surface area (TPSA) is 312 Å². The lowest BCUT2D eigenvalue weighted by atomic mass is 9.66. The number of fused-ring (bicyclic) bond motifs is 10. The molecule has 0 unspecified atom stereocenters. The van der Waals surface area contributed by atoms with Gasteiger partial charge in [-0.3, -0.25) is 60.2 Å². The van der Waals surface area contributed by atoms with Crippen LogP contribution in [-0.4, -0.2) is 131 Å². The van der Waals surface area contributed by atoms with Crippen LogP contribution >= 0.6 is 0 Å². The zero-order valence-electron chi connectivity index (χ0n) is 42.7. The van der Waals surface area contributed by atoms with E-state index >= 15 is 8.78 Å². The molecule has 28 heteroatoms. The van der Waals surface area contributed by atoms with Gasteiger partial charge in [-0.05, 0) is 75.2 Å². The molecule has 8 aliphatic rings. The lowest BCUT2D eigenvalue weighted by molar-refractivity contribution is -0.154. The molecule has 8 atom stereocenters. The van der Waals surface area contributed by atoms with E-state index in [2.05, 4.69) is 41.5 Å². The normalized spacial score (nSPS) is 27.4. The third kappa shape index (κ3) is 7.40. The summed E-state index contributed by atoms with van der Waals surface area (Å²) >= 11 is 0. The Hall–Kier alpha value is -9.18. The van der Waals surface area contributed by atoms with Gasteiger partial charge >= 0.3 is 24.2 Å². The summed E-state index contributed by atoms with van der Waals surface area (Å²) in [7, 11) is 0. The van der Waals surface area contributed by atoms with Crippen molar-refractivity contribution >= 4 is 92.8 Å². The van der Waals surface area contributed by atoms with Gasteiger partial charge in [0.05, 0.1) is 83.1 Å². The Morgan fingerprint density at radius 2 is 0.938 bits per heavy atom. The number of anilines is 4. The summed E-state index contributed by atoms with van der Waals surface area (Å²) in [6.07, 6.45) is -2.07. The molecule has 12 heterocycles. The third-order valence-corrected chi connectivity index (χ3v) is 16.1. The number of aromatic nitrogens is 4. The standard InChI is InChI=1S/2C26H23FN6O7/c2*1-11-9-32-18-13(8-26(20(32)12(2)38-11)22(34)29-24(36)30-23(26)35)7-14-19(17(18)27)40-31-21(14)33-10-16(39-25(33)37)15-5-3-4-6-28-15/h2*3-7,11-12,16,20H,8-10H2,1-2H3,(H2,29,30,34,35,36)/t11-,12+,16+,20-;11-,12+,16-,20-/m11/s1. The highest BCUT2D eigenvalue weighted by Gasteiger charge is 2.65. The minimum absolute atomic E-state index is 0.0349. The minimum Gasteiger partial charge on any atom is -0.437 e. The number of carbonyl (C=O) groups is 8. The number of hydrogen-bond donors (Lipinski definition) is 4. The van der Waals surface area contributed by atoms with E-state index in [0.717, 1.165) is 0 Å². The molecule has 2 spiro atoms. The van der Waals surface area contributed by atoms with Crippen LogP contribution in [0.2, 0.25) is 0 Å². The van der Waals surface area contributed by atoms with Crippen LogP contribution in [0.25, 0.3) is 21.9 Å². The lowest BCUT2D eigenvalue weighted by Crippen LogP contribution is -2.75. The number of hydrogen-bond acceptors (Lipinski definition) is 20. The molecule has 4 aromatic heterocycles. The number of morpholine rings is 2. The van der Waals surface area contributed by atoms with Gasteiger partial charge in [0.2, 0.25) is 34.8 Å². The number of imide groups is 4. The van der Waals surface area contributed by atoms with Crippen LogP contribution in [0, 0.1) is 22.5 Å². The van der Waals surface area contributed by atoms with Crippen molar-refractivity contribution in [2.45, 2.75) is 89.2 Å². The molecule has 6 fully saturated rings. The van der Waals surface area contributed by atoms with Gasteiger partial charge in [-0.25, -0.2) is 28.0 Å². The molecule has 80 heavy (non-hydrogen) atoms. The number of barbiturate groups is 2. The van der Waals surface area contributed by atoms with Crippen molar-refractivity contribution < 1.29 is 75.1 Å². The van der Waals surface area contributed by atoms with Crippen LogP contribution in [0.4, 0.5) is 51.0 Å². The molecule has 6 aromatic rings. The Bertz CT molecular complexity index is 3420. The number of urea groups is 2. The zero-order chi connectivity index (χ0) is 55.8. The Kier molecular flexibility index (Phi) is 11.4. The smallest absolute Gasteiger partial charge is 0.416 e. The monoisotopic (exact) mass is 1100 g/mol. The highest BCUT2D eigenvalue weighted by Crippen LogP contribution is 2.52. The van der Waals surface area contributed by atoms with Gasteiger partial charge in [0.15, 0.2) is 46.3 Å². The Balaban J connectivity index is 0.000000151. The Labute approximate surface area is 449 Å². The largest absolute Gasteiger partial charge is 0.437 e. The first-order valence-corrected chi connectivity index (χ1v) is 25.6. The van der Waals surface area contributed by atoms with Crippen LogP contribution in [-0.2, 0) is 51.0 Å². The van der Waals surface area contributed by atoms with Crippen LogP contribution in [0.1, 0.15) is 62.4 Å². The second kappa shape index (κ2) is 18.2. The molecule has 4 N–H and O–H groups in total. The zero-order valence-corrected chi connectivity index (χ0v) is 42.7. The highest BCUT2D eigenvalue weighted by atomic mass is 19.1. The van der Waals surface area contributed by atoms with Crippen molar-refractivity contribution in [3.8, 4) is 0 Å². The molecule has 8 aliphatic heterocycles. The molecule has 0 saturated carbocycles. The fourth-order valence-corrected chi connectivity index (χ4v) is 13.0. The average molecular weight is 1100 g/mol. The van der Waals surface area contributed by atoms with E-state index in [-0.39, 0.29) is 96.2 Å². The van der Waals surface area contributed by atoms with E-state index in [4.69, 9.17) is 28.0 Å². The van der Waals surface area contributed by atoms with Crippen molar-refractivity contribution in [2.24, 2.45) is 10.8 Å². The van der Waals surface area contributed by atoms with E-state index in [1.165, 1.54) is 9.80 Å². The summed E-state index contributed by atoms with van der Waals surface area (Å²) in [6, 6.07) is 9.95. The predicted octanol–water partition coefficient (Wildman–Crippen LogP) is 3.90. The number of rotatable bonds is 4.